The van der Waals surface area contributed by atoms with Crippen molar-refractivity contribution in [2.24, 2.45) is 0 Å². The molecule has 0 aliphatic rings. The lowest BCUT2D eigenvalue weighted by molar-refractivity contribution is -0.121. The van der Waals surface area contributed by atoms with Gasteiger partial charge < -0.3 is 15.0 Å². The van der Waals surface area contributed by atoms with Crippen molar-refractivity contribution in [3.8, 4) is 0 Å². The summed E-state index contributed by atoms with van der Waals surface area (Å²) in [5, 5.41) is 3.06. The largest absolute Gasteiger partial charge is 0.462 e. The molecule has 0 saturated carbocycles. The van der Waals surface area contributed by atoms with Gasteiger partial charge in [-0.05, 0) is 58.1 Å². The van der Waals surface area contributed by atoms with Crippen molar-refractivity contribution >= 4 is 11.9 Å². The monoisotopic (exact) mass is 370 g/mol. The number of hydrogen-bond acceptors (Lipinski definition) is 3. The van der Waals surface area contributed by atoms with E-state index in [1.807, 2.05) is 39.0 Å². The Morgan fingerprint density at radius 1 is 1.15 bits per heavy atom. The molecule has 5 nitrogen and oxygen atoms in total. The number of aryl methyl sites for hydroxylation is 3. The second-order valence-corrected chi connectivity index (χ2v) is 6.94. The summed E-state index contributed by atoms with van der Waals surface area (Å²) < 4.78 is 5.11. The third kappa shape index (κ3) is 5.98. The summed E-state index contributed by atoms with van der Waals surface area (Å²) >= 11 is 0. The van der Waals surface area contributed by atoms with Crippen molar-refractivity contribution in [2.45, 2.75) is 59.4 Å². The highest BCUT2D eigenvalue weighted by Gasteiger charge is 2.19. The van der Waals surface area contributed by atoms with Gasteiger partial charge in [0.2, 0.25) is 5.91 Å². The van der Waals surface area contributed by atoms with Gasteiger partial charge in [0.25, 0.3) is 0 Å². The van der Waals surface area contributed by atoms with Crippen LogP contribution in [0.3, 0.4) is 0 Å². The number of benzene rings is 1. The predicted octanol–water partition coefficient (Wildman–Crippen LogP) is 3.88. The summed E-state index contributed by atoms with van der Waals surface area (Å²) in [5.41, 5.74) is 4.45. The van der Waals surface area contributed by atoms with Crippen LogP contribution < -0.4 is 5.32 Å². The molecule has 0 unspecified atom stereocenters. The summed E-state index contributed by atoms with van der Waals surface area (Å²) in [6, 6.07) is 10.4. The van der Waals surface area contributed by atoms with E-state index in [2.05, 4.69) is 22.4 Å². The van der Waals surface area contributed by atoms with Gasteiger partial charge in [0.15, 0.2) is 0 Å². The van der Waals surface area contributed by atoms with Crippen LogP contribution >= 0.6 is 0 Å². The molecular weight excluding hydrogens is 340 g/mol. The molecule has 2 aromatic rings. The van der Waals surface area contributed by atoms with Crippen LogP contribution in [0.15, 0.2) is 30.3 Å². The number of H-pyrrole nitrogens is 1. The fraction of sp³-hybridized carbons (Fsp3) is 0.455. The van der Waals surface area contributed by atoms with Gasteiger partial charge in [-0.3, -0.25) is 4.79 Å². The molecule has 0 radical (unpaired) electrons. The Bertz CT molecular complexity index is 765. The van der Waals surface area contributed by atoms with Gasteiger partial charge in [-0.1, -0.05) is 30.3 Å². The highest BCUT2D eigenvalue weighted by atomic mass is 16.5. The third-order valence-electron chi connectivity index (χ3n) is 4.74. The Labute approximate surface area is 161 Å². The van der Waals surface area contributed by atoms with Crippen molar-refractivity contribution in [3.63, 3.8) is 0 Å². The molecule has 1 amide bonds. The minimum Gasteiger partial charge on any atom is -0.462 e. The van der Waals surface area contributed by atoms with E-state index in [1.165, 1.54) is 5.56 Å². The van der Waals surface area contributed by atoms with Crippen molar-refractivity contribution in [1.82, 2.24) is 10.3 Å². The topological polar surface area (TPSA) is 71.2 Å². The van der Waals surface area contributed by atoms with E-state index in [0.29, 0.717) is 25.0 Å². The van der Waals surface area contributed by atoms with Crippen LogP contribution in [0.5, 0.6) is 0 Å². The number of amides is 1. The van der Waals surface area contributed by atoms with Crippen LogP contribution in [-0.4, -0.2) is 29.5 Å². The zero-order chi connectivity index (χ0) is 19.8. The number of aromatic nitrogens is 1. The number of aromatic amines is 1. The smallest absolute Gasteiger partial charge is 0.340 e. The number of carbonyl (C=O) groups is 2. The average Bonchev–Trinajstić information content (AvgIpc) is 2.93. The zero-order valence-electron chi connectivity index (χ0n) is 16.7. The van der Waals surface area contributed by atoms with Gasteiger partial charge in [-0.2, -0.15) is 0 Å². The number of rotatable bonds is 9. The summed E-state index contributed by atoms with van der Waals surface area (Å²) in [4.78, 5) is 27.5. The van der Waals surface area contributed by atoms with Gasteiger partial charge in [-0.25, -0.2) is 4.79 Å². The maximum Gasteiger partial charge on any atom is 0.340 e. The first-order chi connectivity index (χ1) is 12.9. The Morgan fingerprint density at radius 2 is 1.85 bits per heavy atom. The maximum absolute atomic E-state index is 12.3. The first-order valence-corrected chi connectivity index (χ1v) is 9.60. The molecule has 0 aliphatic heterocycles. The van der Waals surface area contributed by atoms with E-state index in [9.17, 15) is 9.59 Å². The highest BCUT2D eigenvalue weighted by molar-refractivity contribution is 5.92. The minimum atomic E-state index is -0.311. The number of esters is 1. The van der Waals surface area contributed by atoms with Crippen molar-refractivity contribution in [3.05, 3.63) is 58.4 Å². The van der Waals surface area contributed by atoms with Crippen molar-refractivity contribution in [1.29, 1.82) is 0 Å². The fourth-order valence-electron chi connectivity index (χ4n) is 3.26. The third-order valence-corrected chi connectivity index (χ3v) is 4.74. The van der Waals surface area contributed by atoms with Crippen molar-refractivity contribution in [2.75, 3.05) is 6.61 Å². The summed E-state index contributed by atoms with van der Waals surface area (Å²) in [5.74, 6) is -0.283. The molecular formula is C22H30N2O3. The summed E-state index contributed by atoms with van der Waals surface area (Å²) in [7, 11) is 0. The zero-order valence-corrected chi connectivity index (χ0v) is 16.7. The number of hydrogen-bond donors (Lipinski definition) is 2. The molecule has 5 heteroatoms. The fourth-order valence-corrected chi connectivity index (χ4v) is 3.26. The molecule has 1 aromatic carbocycles. The Morgan fingerprint density at radius 3 is 2.52 bits per heavy atom. The van der Waals surface area contributed by atoms with E-state index in [4.69, 9.17) is 4.74 Å². The Hall–Kier alpha value is -2.56. The first-order valence-electron chi connectivity index (χ1n) is 9.60. The van der Waals surface area contributed by atoms with Crippen LogP contribution in [0.25, 0.3) is 0 Å². The van der Waals surface area contributed by atoms with Crippen LogP contribution in [-0.2, 0) is 22.4 Å². The molecule has 146 valence electrons. The van der Waals surface area contributed by atoms with E-state index < -0.39 is 0 Å². The van der Waals surface area contributed by atoms with E-state index in [1.54, 1.807) is 6.92 Å². The molecule has 27 heavy (non-hydrogen) atoms. The number of carbonyl (C=O) groups excluding carboxylic acids is 2. The quantitative estimate of drug-likeness (QED) is 0.658. The Balaban J connectivity index is 1.83. The van der Waals surface area contributed by atoms with E-state index in [0.717, 1.165) is 29.8 Å². The van der Waals surface area contributed by atoms with Crippen LogP contribution in [0.4, 0.5) is 0 Å². The predicted molar refractivity (Wildman–Crippen MR) is 107 cm³/mol. The first kappa shape index (κ1) is 20.7. The molecule has 2 rings (SSSR count). The van der Waals surface area contributed by atoms with E-state index in [-0.39, 0.29) is 17.9 Å². The lowest BCUT2D eigenvalue weighted by Gasteiger charge is -2.14. The van der Waals surface area contributed by atoms with Crippen LogP contribution in [0.2, 0.25) is 0 Å². The number of nitrogens with one attached hydrogen (secondary N) is 2. The van der Waals surface area contributed by atoms with E-state index >= 15 is 0 Å². The van der Waals surface area contributed by atoms with Gasteiger partial charge in [0, 0.05) is 23.9 Å². The molecule has 1 aromatic heterocycles. The average molecular weight is 370 g/mol. The Kier molecular flexibility index (Phi) is 7.65. The number of ether oxygens (including phenoxy) is 1. The van der Waals surface area contributed by atoms with Crippen molar-refractivity contribution < 1.29 is 14.3 Å². The van der Waals surface area contributed by atoms with Gasteiger partial charge in [0.05, 0.1) is 12.2 Å². The second kappa shape index (κ2) is 9.95. The molecule has 0 bridgehead atoms. The summed E-state index contributed by atoms with van der Waals surface area (Å²) in [6.45, 7) is 7.92. The van der Waals surface area contributed by atoms with Crippen LogP contribution in [0.1, 0.15) is 59.6 Å². The highest BCUT2D eigenvalue weighted by Crippen LogP contribution is 2.20. The standard InChI is InChI=1S/C22H30N2O3/c1-5-27-22(26)21-16(3)19(24-17(21)4)13-14-20(25)23-15(2)11-12-18-9-7-6-8-10-18/h6-10,15,24H,5,11-14H2,1-4H3,(H,23,25)/t15-/m1/s1. The molecule has 0 aliphatic carbocycles. The molecule has 1 heterocycles. The molecule has 2 N–H and O–H groups in total. The lowest BCUT2D eigenvalue weighted by Crippen LogP contribution is -2.33. The SMILES string of the molecule is CCOC(=O)c1c(C)[nH]c(CCC(=O)N[C@H](C)CCc2ccccc2)c1C. The maximum atomic E-state index is 12.3. The molecule has 0 saturated heterocycles. The van der Waals surface area contributed by atoms with Gasteiger partial charge >= 0.3 is 5.97 Å². The molecule has 0 spiro atoms. The molecule has 1 atom stereocenters. The molecule has 0 fully saturated rings. The minimum absolute atomic E-state index is 0.0277. The van der Waals surface area contributed by atoms with Gasteiger partial charge in [0.1, 0.15) is 0 Å². The summed E-state index contributed by atoms with van der Waals surface area (Å²) in [6.07, 6.45) is 2.81. The lowest BCUT2D eigenvalue weighted by atomic mass is 10.1. The second-order valence-electron chi connectivity index (χ2n) is 6.94. The normalized spacial score (nSPS) is 11.9. The van der Waals surface area contributed by atoms with Gasteiger partial charge in [-0.15, -0.1) is 0 Å². The van der Waals surface area contributed by atoms with Crippen LogP contribution in [0, 0.1) is 13.8 Å².